The predicted octanol–water partition coefficient (Wildman–Crippen LogP) is 6.66. The van der Waals surface area contributed by atoms with Gasteiger partial charge in [0.05, 0.1) is 23.2 Å². The molecule has 2 N–H and O–H groups in total. The number of hydrogen-bond acceptors (Lipinski definition) is 4. The van der Waals surface area contributed by atoms with E-state index in [2.05, 4.69) is 15.6 Å². The molecule has 1 atom stereocenters. The van der Waals surface area contributed by atoms with Crippen molar-refractivity contribution in [1.29, 1.82) is 5.26 Å². The zero-order valence-corrected chi connectivity index (χ0v) is 20.7. The summed E-state index contributed by atoms with van der Waals surface area (Å²) in [5, 5.41) is 14.8. The van der Waals surface area contributed by atoms with Crippen LogP contribution in [0.25, 0.3) is 11.1 Å². The summed E-state index contributed by atoms with van der Waals surface area (Å²) in [4.78, 5) is 30.2. The molecule has 0 bridgehead atoms. The molecule has 1 unspecified atom stereocenters. The molecule has 0 spiro atoms. The van der Waals surface area contributed by atoms with E-state index in [1.54, 1.807) is 0 Å². The predicted molar refractivity (Wildman–Crippen MR) is 134 cm³/mol. The Bertz CT molecular complexity index is 1750. The molecule has 1 aliphatic heterocycles. The Balaban J connectivity index is 1.69. The average Bonchev–Trinajstić information content (AvgIpc) is 3.25. The number of carbonyl (C=O) groups excluding carboxylic acids is 2. The van der Waals surface area contributed by atoms with E-state index in [1.807, 2.05) is 6.07 Å². The van der Waals surface area contributed by atoms with Crippen molar-refractivity contribution in [1.82, 2.24) is 10.3 Å². The summed E-state index contributed by atoms with van der Waals surface area (Å²) in [6.45, 7) is 0. The molecule has 5 rings (SSSR count). The van der Waals surface area contributed by atoms with Crippen LogP contribution in [0, 0.1) is 23.0 Å². The monoisotopic (exact) mass is 568 g/mol. The van der Waals surface area contributed by atoms with Gasteiger partial charge in [-0.1, -0.05) is 11.6 Å². The van der Waals surface area contributed by atoms with Gasteiger partial charge in [-0.2, -0.15) is 18.4 Å². The van der Waals surface area contributed by atoms with Gasteiger partial charge in [0.2, 0.25) is 0 Å². The summed E-state index contributed by atoms with van der Waals surface area (Å²) in [7, 11) is 0. The Labute approximate surface area is 228 Å². The van der Waals surface area contributed by atoms with Gasteiger partial charge in [-0.3, -0.25) is 14.6 Å². The second-order valence-electron chi connectivity index (χ2n) is 8.77. The molecule has 0 saturated carbocycles. The Morgan fingerprint density at radius 1 is 1.02 bits per heavy atom. The third kappa shape index (κ3) is 4.97. The van der Waals surface area contributed by atoms with E-state index in [0.717, 1.165) is 12.1 Å². The first-order valence-electron chi connectivity index (χ1n) is 11.4. The largest absolute Gasteiger partial charge is 0.416 e. The van der Waals surface area contributed by atoms with Crippen LogP contribution < -0.4 is 10.6 Å². The standard InChI is InChI=1S/C28H14ClF5N4O2/c29-22-2-1-17(30)10-19(22)25-24-20(27(40)38-25)7-14(21-12-36-4-3-13(21)11-35)8-23(24)37-26(39)15-5-16(28(32,33)34)9-18(31)6-15/h1-10,12,25H,(H,37,39)(H,38,40). The first kappa shape index (κ1) is 26.8. The molecule has 3 aromatic carbocycles. The van der Waals surface area contributed by atoms with E-state index in [0.29, 0.717) is 17.7 Å². The lowest BCUT2D eigenvalue weighted by molar-refractivity contribution is -0.137. The van der Waals surface area contributed by atoms with Gasteiger partial charge in [-0.25, -0.2) is 8.78 Å². The van der Waals surface area contributed by atoms with Crippen molar-refractivity contribution in [3.8, 4) is 17.2 Å². The SMILES string of the molecule is N#Cc1ccncc1-c1cc(NC(=O)c2cc(F)cc(C(F)(F)F)c2)c2c(c1)C(=O)NC2c1cc(F)ccc1Cl. The lowest BCUT2D eigenvalue weighted by Crippen LogP contribution is -2.21. The Morgan fingerprint density at radius 3 is 2.52 bits per heavy atom. The third-order valence-corrected chi connectivity index (χ3v) is 6.59. The highest BCUT2D eigenvalue weighted by molar-refractivity contribution is 6.31. The number of nitrogens with zero attached hydrogens (tertiary/aromatic N) is 2. The third-order valence-electron chi connectivity index (χ3n) is 6.25. The molecule has 12 heteroatoms. The maximum absolute atomic E-state index is 14.1. The lowest BCUT2D eigenvalue weighted by Gasteiger charge is -2.19. The number of alkyl halides is 3. The maximum Gasteiger partial charge on any atom is 0.416 e. The van der Waals surface area contributed by atoms with Crippen molar-refractivity contribution in [2.45, 2.75) is 12.2 Å². The van der Waals surface area contributed by atoms with E-state index < -0.39 is 46.8 Å². The van der Waals surface area contributed by atoms with Crippen LogP contribution >= 0.6 is 11.6 Å². The molecule has 2 heterocycles. The minimum atomic E-state index is -4.91. The van der Waals surface area contributed by atoms with Gasteiger partial charge in [0.25, 0.3) is 11.8 Å². The van der Waals surface area contributed by atoms with Crippen LogP contribution in [-0.2, 0) is 6.18 Å². The van der Waals surface area contributed by atoms with Gasteiger partial charge in [-0.15, -0.1) is 0 Å². The highest BCUT2D eigenvalue weighted by atomic mass is 35.5. The lowest BCUT2D eigenvalue weighted by atomic mass is 9.92. The van der Waals surface area contributed by atoms with Crippen LogP contribution in [0.5, 0.6) is 0 Å². The van der Waals surface area contributed by atoms with Crippen LogP contribution in [0.15, 0.2) is 67.0 Å². The Hall–Kier alpha value is -4.82. The first-order chi connectivity index (χ1) is 19.0. The van der Waals surface area contributed by atoms with Crippen LogP contribution in [0.2, 0.25) is 5.02 Å². The zero-order valence-electron chi connectivity index (χ0n) is 19.9. The van der Waals surface area contributed by atoms with Crippen molar-refractivity contribution < 1.29 is 31.5 Å². The van der Waals surface area contributed by atoms with Crippen molar-refractivity contribution in [3.63, 3.8) is 0 Å². The van der Waals surface area contributed by atoms with Gasteiger partial charge in [-0.05, 0) is 60.2 Å². The van der Waals surface area contributed by atoms with Crippen molar-refractivity contribution >= 4 is 29.1 Å². The van der Waals surface area contributed by atoms with E-state index in [9.17, 15) is 36.8 Å². The van der Waals surface area contributed by atoms with Gasteiger partial charge in [0, 0.05) is 50.9 Å². The smallest absolute Gasteiger partial charge is 0.341 e. The van der Waals surface area contributed by atoms with Gasteiger partial charge in [0.1, 0.15) is 11.6 Å². The number of amides is 2. The average molecular weight is 569 g/mol. The number of halogens is 6. The van der Waals surface area contributed by atoms with Crippen LogP contribution in [0.3, 0.4) is 0 Å². The molecule has 1 aliphatic rings. The normalized spacial score (nSPS) is 14.3. The second kappa shape index (κ2) is 10.1. The molecule has 1 aromatic heterocycles. The number of rotatable bonds is 4. The molecular weight excluding hydrogens is 555 g/mol. The molecule has 0 aliphatic carbocycles. The first-order valence-corrected chi connectivity index (χ1v) is 11.8. The quantitative estimate of drug-likeness (QED) is 0.269. The fourth-order valence-electron chi connectivity index (χ4n) is 4.46. The number of anilines is 1. The number of pyridine rings is 1. The van der Waals surface area contributed by atoms with Gasteiger partial charge in [0.15, 0.2) is 0 Å². The van der Waals surface area contributed by atoms with E-state index in [1.165, 1.54) is 36.7 Å². The molecular formula is C28H14ClF5N4O2. The number of hydrogen-bond donors (Lipinski definition) is 2. The van der Waals surface area contributed by atoms with E-state index in [4.69, 9.17) is 11.6 Å². The van der Waals surface area contributed by atoms with Crippen molar-refractivity contribution in [2.75, 3.05) is 5.32 Å². The highest BCUT2D eigenvalue weighted by Gasteiger charge is 2.36. The van der Waals surface area contributed by atoms with E-state index >= 15 is 0 Å². The molecule has 0 fully saturated rings. The number of fused-ring (bicyclic) bond motifs is 1. The van der Waals surface area contributed by atoms with Crippen molar-refractivity contribution in [3.05, 3.63) is 117 Å². The molecule has 200 valence electrons. The number of benzene rings is 3. The number of nitrogens with one attached hydrogen (secondary N) is 2. The second-order valence-corrected chi connectivity index (χ2v) is 9.18. The maximum atomic E-state index is 14.1. The summed E-state index contributed by atoms with van der Waals surface area (Å²) >= 11 is 6.29. The van der Waals surface area contributed by atoms with Crippen LogP contribution in [-0.4, -0.2) is 16.8 Å². The Morgan fingerprint density at radius 2 is 1.80 bits per heavy atom. The fourth-order valence-corrected chi connectivity index (χ4v) is 4.69. The fraction of sp³-hybridized carbons (Fsp3) is 0.0714. The topological polar surface area (TPSA) is 94.9 Å². The van der Waals surface area contributed by atoms with Crippen LogP contribution in [0.1, 0.15) is 49.0 Å². The Kier molecular flexibility index (Phi) is 6.73. The van der Waals surface area contributed by atoms with E-state index in [-0.39, 0.29) is 44.6 Å². The molecule has 0 saturated heterocycles. The summed E-state index contributed by atoms with van der Waals surface area (Å²) in [6, 6.07) is 10.1. The highest BCUT2D eigenvalue weighted by Crippen LogP contribution is 2.42. The summed E-state index contributed by atoms with van der Waals surface area (Å²) in [5.41, 5.74) is -0.979. The molecule has 6 nitrogen and oxygen atoms in total. The summed E-state index contributed by atoms with van der Waals surface area (Å²) in [6.07, 6.45) is -2.17. The molecule has 4 aromatic rings. The summed E-state index contributed by atoms with van der Waals surface area (Å²) < 4.78 is 68.0. The van der Waals surface area contributed by atoms with Gasteiger partial charge >= 0.3 is 6.18 Å². The molecule has 40 heavy (non-hydrogen) atoms. The van der Waals surface area contributed by atoms with Gasteiger partial charge < -0.3 is 10.6 Å². The molecule has 2 amide bonds. The summed E-state index contributed by atoms with van der Waals surface area (Å²) in [5.74, 6) is -3.67. The van der Waals surface area contributed by atoms with Crippen molar-refractivity contribution in [2.24, 2.45) is 0 Å². The number of nitriles is 1. The minimum Gasteiger partial charge on any atom is -0.341 e. The number of carbonyl (C=O) groups is 2. The number of aromatic nitrogens is 1. The minimum absolute atomic E-state index is 0.0288. The van der Waals surface area contributed by atoms with Crippen LogP contribution in [0.4, 0.5) is 27.6 Å². The molecule has 0 radical (unpaired) electrons. The zero-order chi connectivity index (χ0) is 28.8.